The summed E-state index contributed by atoms with van der Waals surface area (Å²) in [5.41, 5.74) is 0.887. The molecule has 134 valence electrons. The monoisotopic (exact) mass is 374 g/mol. The number of piperazine rings is 1. The maximum atomic E-state index is 12.6. The number of nitrogens with zero attached hydrogens (tertiary/aromatic N) is 2. The van der Waals surface area contributed by atoms with E-state index in [-0.39, 0.29) is 5.91 Å². The van der Waals surface area contributed by atoms with E-state index in [4.69, 9.17) is 16.3 Å². The standard InChI is InChI=1S/C16H23ClN2O4S/c1-4-15(23-13-5-6-14(17)12(2)11-13)16(20)18-7-9-19(10-8-18)24(3,21)22/h5-6,11,15H,4,7-10H2,1-3H3/t15-/m0/s1. The minimum atomic E-state index is -3.21. The molecule has 1 aromatic carbocycles. The first-order valence-electron chi connectivity index (χ1n) is 7.89. The van der Waals surface area contributed by atoms with Gasteiger partial charge >= 0.3 is 0 Å². The summed E-state index contributed by atoms with van der Waals surface area (Å²) < 4.78 is 30.3. The average molecular weight is 375 g/mol. The molecule has 6 nitrogen and oxygen atoms in total. The Kier molecular flexibility index (Phi) is 6.11. The zero-order valence-electron chi connectivity index (χ0n) is 14.2. The van der Waals surface area contributed by atoms with Gasteiger partial charge in [0.05, 0.1) is 6.26 Å². The van der Waals surface area contributed by atoms with Crippen molar-refractivity contribution < 1.29 is 17.9 Å². The van der Waals surface area contributed by atoms with Crippen LogP contribution in [0.25, 0.3) is 0 Å². The molecule has 0 unspecified atom stereocenters. The predicted octanol–water partition coefficient (Wildman–Crippen LogP) is 1.91. The van der Waals surface area contributed by atoms with Crippen LogP contribution in [0, 0.1) is 6.92 Å². The van der Waals surface area contributed by atoms with Crippen LogP contribution in [0.2, 0.25) is 5.02 Å². The van der Waals surface area contributed by atoms with Gasteiger partial charge in [-0.3, -0.25) is 4.79 Å². The highest BCUT2D eigenvalue weighted by atomic mass is 35.5. The number of hydrogen-bond donors (Lipinski definition) is 0. The van der Waals surface area contributed by atoms with Crippen molar-refractivity contribution in [2.24, 2.45) is 0 Å². The van der Waals surface area contributed by atoms with E-state index in [1.807, 2.05) is 13.8 Å². The summed E-state index contributed by atoms with van der Waals surface area (Å²) >= 11 is 6.00. The molecule has 0 bridgehead atoms. The summed E-state index contributed by atoms with van der Waals surface area (Å²) in [6, 6.07) is 5.29. The SMILES string of the molecule is CC[C@H](Oc1ccc(Cl)c(C)c1)C(=O)N1CCN(S(C)(=O)=O)CC1. The van der Waals surface area contributed by atoms with E-state index in [0.29, 0.717) is 43.4 Å². The van der Waals surface area contributed by atoms with Crippen LogP contribution in [0.4, 0.5) is 0 Å². The number of ether oxygens (including phenoxy) is 1. The van der Waals surface area contributed by atoms with Gasteiger partial charge in [-0.2, -0.15) is 4.31 Å². The Hall–Kier alpha value is -1.31. The largest absolute Gasteiger partial charge is 0.481 e. The lowest BCUT2D eigenvalue weighted by molar-refractivity contribution is -0.140. The fourth-order valence-electron chi connectivity index (χ4n) is 2.61. The second-order valence-corrected chi connectivity index (χ2v) is 8.30. The van der Waals surface area contributed by atoms with Crippen LogP contribution in [0.1, 0.15) is 18.9 Å². The third-order valence-corrected chi connectivity index (χ3v) is 5.80. The van der Waals surface area contributed by atoms with E-state index in [9.17, 15) is 13.2 Å². The lowest BCUT2D eigenvalue weighted by Gasteiger charge is -2.35. The maximum absolute atomic E-state index is 12.6. The summed E-state index contributed by atoms with van der Waals surface area (Å²) in [6.45, 7) is 5.17. The number of halogens is 1. The molecule has 2 rings (SSSR count). The van der Waals surface area contributed by atoms with Crippen molar-refractivity contribution in [3.63, 3.8) is 0 Å². The van der Waals surface area contributed by atoms with Gasteiger partial charge in [0.2, 0.25) is 10.0 Å². The minimum absolute atomic E-state index is 0.113. The van der Waals surface area contributed by atoms with Gasteiger partial charge < -0.3 is 9.64 Å². The molecule has 1 amide bonds. The molecule has 0 saturated carbocycles. The molecular formula is C16H23ClN2O4S. The predicted molar refractivity (Wildman–Crippen MR) is 93.9 cm³/mol. The fourth-order valence-corrected chi connectivity index (χ4v) is 3.55. The van der Waals surface area contributed by atoms with Crippen LogP contribution in [0.15, 0.2) is 18.2 Å². The van der Waals surface area contributed by atoms with Crippen LogP contribution < -0.4 is 4.74 Å². The number of rotatable bonds is 5. The quantitative estimate of drug-likeness (QED) is 0.789. The van der Waals surface area contributed by atoms with Crippen LogP contribution in [-0.2, 0) is 14.8 Å². The zero-order chi connectivity index (χ0) is 17.9. The first-order chi connectivity index (χ1) is 11.2. The molecule has 0 radical (unpaired) electrons. The molecule has 1 saturated heterocycles. The first-order valence-corrected chi connectivity index (χ1v) is 10.1. The topological polar surface area (TPSA) is 66.9 Å². The van der Waals surface area contributed by atoms with Gasteiger partial charge in [-0.15, -0.1) is 0 Å². The molecule has 1 aromatic rings. The van der Waals surface area contributed by atoms with Crippen LogP contribution in [0.3, 0.4) is 0 Å². The van der Waals surface area contributed by atoms with E-state index in [0.717, 1.165) is 5.56 Å². The Morgan fingerprint density at radius 1 is 1.29 bits per heavy atom. The van der Waals surface area contributed by atoms with E-state index < -0.39 is 16.1 Å². The number of aryl methyl sites for hydroxylation is 1. The van der Waals surface area contributed by atoms with Crippen molar-refractivity contribution >= 4 is 27.5 Å². The van der Waals surface area contributed by atoms with Gasteiger partial charge in [-0.05, 0) is 37.1 Å². The van der Waals surface area contributed by atoms with Gasteiger partial charge in [0, 0.05) is 31.2 Å². The summed E-state index contributed by atoms with van der Waals surface area (Å²) in [7, 11) is -3.21. The Labute approximate surface area is 148 Å². The Bertz CT molecular complexity index is 700. The lowest BCUT2D eigenvalue weighted by Crippen LogP contribution is -2.53. The highest BCUT2D eigenvalue weighted by molar-refractivity contribution is 7.88. The average Bonchev–Trinajstić information content (AvgIpc) is 2.54. The number of amides is 1. The maximum Gasteiger partial charge on any atom is 0.263 e. The van der Waals surface area contributed by atoms with Crippen molar-refractivity contribution in [3.8, 4) is 5.75 Å². The Morgan fingerprint density at radius 2 is 1.92 bits per heavy atom. The van der Waals surface area contributed by atoms with E-state index >= 15 is 0 Å². The van der Waals surface area contributed by atoms with Crippen molar-refractivity contribution in [1.82, 2.24) is 9.21 Å². The normalized spacial score (nSPS) is 17.6. The van der Waals surface area contributed by atoms with Gasteiger partial charge in [0.25, 0.3) is 5.91 Å². The van der Waals surface area contributed by atoms with Crippen LogP contribution in [0.5, 0.6) is 5.75 Å². The molecule has 0 spiro atoms. The molecule has 0 aliphatic carbocycles. The van der Waals surface area contributed by atoms with Gasteiger partial charge in [0.1, 0.15) is 5.75 Å². The summed E-state index contributed by atoms with van der Waals surface area (Å²) in [5.74, 6) is 0.491. The van der Waals surface area contributed by atoms with Crippen LogP contribution >= 0.6 is 11.6 Å². The van der Waals surface area contributed by atoms with Crippen molar-refractivity contribution in [2.75, 3.05) is 32.4 Å². The number of carbonyl (C=O) groups is 1. The molecule has 0 aromatic heterocycles. The molecular weight excluding hydrogens is 352 g/mol. The van der Waals surface area contributed by atoms with Gasteiger partial charge in [0.15, 0.2) is 6.10 Å². The van der Waals surface area contributed by atoms with Crippen molar-refractivity contribution in [2.45, 2.75) is 26.4 Å². The number of carbonyl (C=O) groups excluding carboxylic acids is 1. The lowest BCUT2D eigenvalue weighted by atomic mass is 10.2. The fraction of sp³-hybridized carbons (Fsp3) is 0.562. The summed E-state index contributed by atoms with van der Waals surface area (Å²) in [5, 5.41) is 0.652. The van der Waals surface area contributed by atoms with E-state index in [1.54, 1.807) is 23.1 Å². The Balaban J connectivity index is 2.00. The molecule has 0 N–H and O–H groups in total. The number of sulfonamides is 1. The van der Waals surface area contributed by atoms with E-state index in [2.05, 4.69) is 0 Å². The molecule has 1 atom stereocenters. The smallest absolute Gasteiger partial charge is 0.263 e. The molecule has 1 aliphatic heterocycles. The van der Waals surface area contributed by atoms with Crippen molar-refractivity contribution in [1.29, 1.82) is 0 Å². The molecule has 1 fully saturated rings. The summed E-state index contributed by atoms with van der Waals surface area (Å²) in [6.07, 6.45) is 1.13. The number of hydrogen-bond acceptors (Lipinski definition) is 4. The first kappa shape index (κ1) is 19.0. The molecule has 8 heteroatoms. The minimum Gasteiger partial charge on any atom is -0.481 e. The van der Waals surface area contributed by atoms with Gasteiger partial charge in [-0.25, -0.2) is 8.42 Å². The van der Waals surface area contributed by atoms with Gasteiger partial charge in [-0.1, -0.05) is 18.5 Å². The highest BCUT2D eigenvalue weighted by Crippen LogP contribution is 2.23. The highest BCUT2D eigenvalue weighted by Gasteiger charge is 2.30. The molecule has 24 heavy (non-hydrogen) atoms. The Morgan fingerprint density at radius 3 is 2.42 bits per heavy atom. The molecule has 1 heterocycles. The summed E-state index contributed by atoms with van der Waals surface area (Å²) in [4.78, 5) is 14.3. The van der Waals surface area contributed by atoms with E-state index in [1.165, 1.54) is 10.6 Å². The number of benzene rings is 1. The van der Waals surface area contributed by atoms with Crippen LogP contribution in [-0.4, -0.2) is 62.1 Å². The third kappa shape index (κ3) is 4.62. The third-order valence-electron chi connectivity index (χ3n) is 4.07. The van der Waals surface area contributed by atoms with Crippen molar-refractivity contribution in [3.05, 3.63) is 28.8 Å². The molecule has 1 aliphatic rings. The second-order valence-electron chi connectivity index (χ2n) is 5.91. The zero-order valence-corrected chi connectivity index (χ0v) is 15.7. The second kappa shape index (κ2) is 7.72.